The van der Waals surface area contributed by atoms with E-state index in [1.165, 1.54) is 6.07 Å². The number of hydrogen-bond donors (Lipinski definition) is 2. The van der Waals surface area contributed by atoms with E-state index < -0.39 is 12.0 Å². The van der Waals surface area contributed by atoms with E-state index in [9.17, 15) is 9.18 Å². The highest BCUT2D eigenvalue weighted by Gasteiger charge is 2.43. The molecule has 0 aromatic heterocycles. The Bertz CT molecular complexity index is 568. The summed E-state index contributed by atoms with van der Waals surface area (Å²) in [5.74, 6) is -0.884. The minimum Gasteiger partial charge on any atom is -0.480 e. The predicted molar refractivity (Wildman–Crippen MR) is 82.1 cm³/mol. The lowest BCUT2D eigenvalue weighted by Gasteiger charge is -2.39. The van der Waals surface area contributed by atoms with Gasteiger partial charge in [-0.2, -0.15) is 0 Å². The van der Waals surface area contributed by atoms with E-state index in [0.717, 1.165) is 56.6 Å². The van der Waals surface area contributed by atoms with Crippen molar-refractivity contribution in [3.8, 4) is 0 Å². The van der Waals surface area contributed by atoms with Gasteiger partial charge < -0.3 is 10.4 Å². The molecule has 1 spiro atoms. The molecule has 1 unspecified atom stereocenters. The topological polar surface area (TPSA) is 52.6 Å². The number of halogens is 1. The molecule has 0 amide bonds. The van der Waals surface area contributed by atoms with Crippen molar-refractivity contribution < 1.29 is 14.3 Å². The lowest BCUT2D eigenvalue weighted by Crippen LogP contribution is -2.40. The molecule has 2 aliphatic rings. The van der Waals surface area contributed by atoms with Crippen molar-refractivity contribution in [2.45, 2.75) is 38.8 Å². The van der Waals surface area contributed by atoms with Gasteiger partial charge in [0.05, 0.1) is 0 Å². The zero-order chi connectivity index (χ0) is 15.7. The van der Waals surface area contributed by atoms with Crippen LogP contribution in [-0.4, -0.2) is 41.7 Å². The second-order valence-electron chi connectivity index (χ2n) is 6.78. The molecule has 5 heteroatoms. The van der Waals surface area contributed by atoms with Gasteiger partial charge in [0.1, 0.15) is 11.9 Å². The molecule has 120 valence electrons. The number of nitrogens with one attached hydrogen (secondary N) is 1. The van der Waals surface area contributed by atoms with Crippen molar-refractivity contribution in [2.75, 3.05) is 19.6 Å². The maximum absolute atomic E-state index is 13.6. The van der Waals surface area contributed by atoms with Crippen molar-refractivity contribution in [3.63, 3.8) is 0 Å². The molecule has 22 heavy (non-hydrogen) atoms. The third-order valence-electron chi connectivity index (χ3n) is 5.35. The maximum Gasteiger partial charge on any atom is 0.320 e. The first-order valence-electron chi connectivity index (χ1n) is 7.92. The summed E-state index contributed by atoms with van der Waals surface area (Å²) in [6, 6.07) is 4.86. The van der Waals surface area contributed by atoms with Gasteiger partial charge in [0.15, 0.2) is 0 Å². The van der Waals surface area contributed by atoms with E-state index in [0.29, 0.717) is 0 Å². The molecule has 2 aliphatic heterocycles. The fourth-order valence-electron chi connectivity index (χ4n) is 3.72. The summed E-state index contributed by atoms with van der Waals surface area (Å²) < 4.78 is 13.6. The Labute approximate surface area is 130 Å². The molecular formula is C17H23FN2O2. The molecule has 3 rings (SSSR count). The second-order valence-corrected chi connectivity index (χ2v) is 6.78. The quantitative estimate of drug-likeness (QED) is 0.898. The van der Waals surface area contributed by atoms with Gasteiger partial charge in [-0.15, -0.1) is 0 Å². The Morgan fingerprint density at radius 3 is 2.82 bits per heavy atom. The molecule has 0 saturated carbocycles. The molecule has 1 aromatic carbocycles. The van der Waals surface area contributed by atoms with E-state index in [4.69, 9.17) is 5.11 Å². The van der Waals surface area contributed by atoms with Gasteiger partial charge in [0.2, 0.25) is 0 Å². The summed E-state index contributed by atoms with van der Waals surface area (Å²) in [4.78, 5) is 13.4. The van der Waals surface area contributed by atoms with Gasteiger partial charge >= 0.3 is 5.97 Å². The van der Waals surface area contributed by atoms with Crippen LogP contribution in [0.5, 0.6) is 0 Å². The SMILES string of the molecule is Cc1c(F)cccc1CN1CCC2(CC1)CNC(C(=O)O)C2. The van der Waals surface area contributed by atoms with Crippen molar-refractivity contribution in [1.29, 1.82) is 0 Å². The number of nitrogens with zero attached hydrogens (tertiary/aromatic N) is 1. The number of likely N-dealkylation sites (tertiary alicyclic amines) is 1. The highest BCUT2D eigenvalue weighted by molar-refractivity contribution is 5.74. The number of benzene rings is 1. The van der Waals surface area contributed by atoms with E-state index >= 15 is 0 Å². The Morgan fingerprint density at radius 1 is 1.45 bits per heavy atom. The number of piperidine rings is 1. The average molecular weight is 306 g/mol. The summed E-state index contributed by atoms with van der Waals surface area (Å²) in [5, 5.41) is 12.3. The highest BCUT2D eigenvalue weighted by Crippen LogP contribution is 2.39. The number of carbonyl (C=O) groups is 1. The highest BCUT2D eigenvalue weighted by atomic mass is 19.1. The third kappa shape index (κ3) is 3.01. The lowest BCUT2D eigenvalue weighted by molar-refractivity contribution is -0.139. The molecule has 1 atom stereocenters. The molecule has 4 nitrogen and oxygen atoms in total. The van der Waals surface area contributed by atoms with Crippen LogP contribution in [0.4, 0.5) is 4.39 Å². The number of rotatable bonds is 3. The Hall–Kier alpha value is -1.46. The van der Waals surface area contributed by atoms with Gasteiger partial charge in [-0.25, -0.2) is 4.39 Å². The van der Waals surface area contributed by atoms with Crippen molar-refractivity contribution in [2.24, 2.45) is 5.41 Å². The van der Waals surface area contributed by atoms with E-state index in [2.05, 4.69) is 10.2 Å². The first-order valence-corrected chi connectivity index (χ1v) is 7.92. The zero-order valence-electron chi connectivity index (χ0n) is 12.9. The standard InChI is InChI=1S/C17H23FN2O2/c1-12-13(3-2-4-14(12)18)10-20-7-5-17(6-8-20)9-15(16(21)22)19-11-17/h2-4,15,19H,5-11H2,1H3,(H,21,22). The number of carboxylic acids is 1. The van der Waals surface area contributed by atoms with Gasteiger partial charge in [0, 0.05) is 13.1 Å². The van der Waals surface area contributed by atoms with Crippen LogP contribution in [0.15, 0.2) is 18.2 Å². The van der Waals surface area contributed by atoms with Crippen LogP contribution in [-0.2, 0) is 11.3 Å². The predicted octanol–water partition coefficient (Wildman–Crippen LogP) is 2.16. The van der Waals surface area contributed by atoms with Crippen LogP contribution >= 0.6 is 0 Å². The summed E-state index contributed by atoms with van der Waals surface area (Å²) in [6.07, 6.45) is 2.76. The van der Waals surface area contributed by atoms with Gasteiger partial charge in [0.25, 0.3) is 0 Å². The Morgan fingerprint density at radius 2 is 2.18 bits per heavy atom. The molecule has 2 saturated heterocycles. The number of hydrogen-bond acceptors (Lipinski definition) is 3. The summed E-state index contributed by atoms with van der Waals surface area (Å²) in [6.45, 7) is 5.30. The largest absolute Gasteiger partial charge is 0.480 e. The van der Waals surface area contributed by atoms with Crippen LogP contribution in [0.1, 0.15) is 30.4 Å². The summed E-state index contributed by atoms with van der Waals surface area (Å²) in [7, 11) is 0. The van der Waals surface area contributed by atoms with Gasteiger partial charge in [-0.05, 0) is 61.9 Å². The van der Waals surface area contributed by atoms with Crippen molar-refractivity contribution in [1.82, 2.24) is 10.2 Å². The number of carboxylic acid groups (broad SMARTS) is 1. The monoisotopic (exact) mass is 306 g/mol. The van der Waals surface area contributed by atoms with Crippen molar-refractivity contribution in [3.05, 3.63) is 35.1 Å². The fourth-order valence-corrected chi connectivity index (χ4v) is 3.72. The molecule has 0 bridgehead atoms. The van der Waals surface area contributed by atoms with Crippen LogP contribution in [0, 0.1) is 18.2 Å². The molecule has 2 N–H and O–H groups in total. The van der Waals surface area contributed by atoms with E-state index in [1.54, 1.807) is 6.07 Å². The zero-order valence-corrected chi connectivity index (χ0v) is 12.9. The van der Waals surface area contributed by atoms with Gasteiger partial charge in [-0.3, -0.25) is 9.69 Å². The van der Waals surface area contributed by atoms with Gasteiger partial charge in [-0.1, -0.05) is 12.1 Å². The van der Waals surface area contributed by atoms with Crippen LogP contribution < -0.4 is 5.32 Å². The lowest BCUT2D eigenvalue weighted by atomic mass is 9.76. The minimum atomic E-state index is -0.741. The number of aliphatic carboxylic acids is 1. The Kier molecular flexibility index (Phi) is 4.19. The van der Waals surface area contributed by atoms with Crippen LogP contribution in [0.2, 0.25) is 0 Å². The normalized spacial score (nSPS) is 24.7. The molecule has 0 radical (unpaired) electrons. The summed E-state index contributed by atoms with van der Waals surface area (Å²) in [5.41, 5.74) is 1.91. The molecule has 2 fully saturated rings. The van der Waals surface area contributed by atoms with E-state index in [-0.39, 0.29) is 11.2 Å². The average Bonchev–Trinajstić information content (AvgIpc) is 2.91. The smallest absolute Gasteiger partial charge is 0.320 e. The third-order valence-corrected chi connectivity index (χ3v) is 5.35. The minimum absolute atomic E-state index is 0.135. The fraction of sp³-hybridized carbons (Fsp3) is 0.588. The van der Waals surface area contributed by atoms with Crippen LogP contribution in [0.25, 0.3) is 0 Å². The van der Waals surface area contributed by atoms with Crippen molar-refractivity contribution >= 4 is 5.97 Å². The molecular weight excluding hydrogens is 283 g/mol. The Balaban J connectivity index is 1.58. The first kappa shape index (κ1) is 15.4. The second kappa shape index (κ2) is 5.97. The first-order chi connectivity index (χ1) is 10.5. The maximum atomic E-state index is 13.6. The molecule has 1 aromatic rings. The molecule has 2 heterocycles. The van der Waals surface area contributed by atoms with Crippen LogP contribution in [0.3, 0.4) is 0 Å². The summed E-state index contributed by atoms with van der Waals surface area (Å²) >= 11 is 0. The molecule has 0 aliphatic carbocycles. The van der Waals surface area contributed by atoms with E-state index in [1.807, 2.05) is 13.0 Å².